The normalized spacial score (nSPS) is 11.9. The van der Waals surface area contributed by atoms with E-state index in [1.165, 1.54) is 48.5 Å². The average molecular weight is 344 g/mol. The number of rotatable bonds is 5. The van der Waals surface area contributed by atoms with E-state index in [1.54, 1.807) is 0 Å². The van der Waals surface area contributed by atoms with Crippen molar-refractivity contribution in [2.45, 2.75) is 9.79 Å². The van der Waals surface area contributed by atoms with Gasteiger partial charge in [-0.05, 0) is 24.3 Å². The molecule has 0 saturated carbocycles. The molecule has 118 valence electrons. The second kappa shape index (κ2) is 5.93. The molecule has 22 heavy (non-hydrogen) atoms. The Morgan fingerprint density at radius 3 is 1.27 bits per heavy atom. The quantitative estimate of drug-likeness (QED) is 0.475. The Hall–Kier alpha value is -2.14. The van der Waals surface area contributed by atoms with Crippen molar-refractivity contribution in [1.29, 1.82) is 0 Å². The van der Waals surface area contributed by atoms with Gasteiger partial charge < -0.3 is 0 Å². The highest BCUT2D eigenvalue weighted by molar-refractivity contribution is 7.86. The van der Waals surface area contributed by atoms with Crippen molar-refractivity contribution in [2.75, 3.05) is 10.9 Å². The van der Waals surface area contributed by atoms with E-state index in [1.807, 2.05) is 0 Å². The number of anilines is 2. The Bertz CT molecular complexity index is 818. The van der Waals surface area contributed by atoms with Gasteiger partial charge in [0.2, 0.25) is 0 Å². The van der Waals surface area contributed by atoms with Gasteiger partial charge in [-0.15, -0.1) is 0 Å². The summed E-state index contributed by atoms with van der Waals surface area (Å²) in [5.74, 6) is 0. The van der Waals surface area contributed by atoms with Gasteiger partial charge in [0.15, 0.2) is 0 Å². The lowest BCUT2D eigenvalue weighted by Gasteiger charge is -2.14. The number of hydrazine groups is 1. The molecule has 4 N–H and O–H groups in total. The Labute approximate surface area is 127 Å². The maximum absolute atomic E-state index is 11.2. The zero-order valence-corrected chi connectivity index (χ0v) is 12.6. The van der Waals surface area contributed by atoms with Crippen LogP contribution in [-0.4, -0.2) is 25.9 Å². The number of benzene rings is 2. The molecule has 0 unspecified atom stereocenters. The summed E-state index contributed by atoms with van der Waals surface area (Å²) in [6, 6.07) is 11.0. The smallest absolute Gasteiger partial charge is 0.296 e. The van der Waals surface area contributed by atoms with Crippen LogP contribution in [0.15, 0.2) is 58.3 Å². The summed E-state index contributed by atoms with van der Waals surface area (Å²) in [6.07, 6.45) is 0. The van der Waals surface area contributed by atoms with E-state index in [0.29, 0.717) is 0 Å². The van der Waals surface area contributed by atoms with Crippen molar-refractivity contribution in [3.8, 4) is 0 Å². The van der Waals surface area contributed by atoms with Gasteiger partial charge >= 0.3 is 0 Å². The van der Waals surface area contributed by atoms with Crippen molar-refractivity contribution in [3.05, 3.63) is 48.5 Å². The minimum Gasteiger partial charge on any atom is -0.299 e. The van der Waals surface area contributed by atoms with E-state index in [9.17, 15) is 16.8 Å². The molecular weight excluding hydrogens is 332 g/mol. The minimum absolute atomic E-state index is 0.00939. The molecular formula is C12H12N2O6S2. The van der Waals surface area contributed by atoms with Crippen molar-refractivity contribution >= 4 is 31.6 Å². The van der Waals surface area contributed by atoms with Crippen molar-refractivity contribution in [1.82, 2.24) is 0 Å². The van der Waals surface area contributed by atoms with E-state index in [4.69, 9.17) is 9.11 Å². The predicted molar refractivity (Wildman–Crippen MR) is 79.8 cm³/mol. The maximum Gasteiger partial charge on any atom is 0.296 e. The average Bonchev–Trinajstić information content (AvgIpc) is 2.44. The molecule has 2 aromatic rings. The molecule has 0 atom stereocenters. The third-order valence-corrected chi connectivity index (χ3v) is 4.49. The van der Waals surface area contributed by atoms with Crippen molar-refractivity contribution in [2.24, 2.45) is 0 Å². The maximum atomic E-state index is 11.2. The first-order valence-corrected chi connectivity index (χ1v) is 8.72. The largest absolute Gasteiger partial charge is 0.299 e. The molecule has 0 aliphatic rings. The topological polar surface area (TPSA) is 133 Å². The second-order valence-corrected chi connectivity index (χ2v) is 6.97. The Balaban J connectivity index is 2.34. The van der Waals surface area contributed by atoms with Crippen LogP contribution in [0.1, 0.15) is 0 Å². The van der Waals surface area contributed by atoms with E-state index in [-0.39, 0.29) is 21.2 Å². The zero-order valence-electron chi connectivity index (χ0n) is 11.0. The fourth-order valence-electron chi connectivity index (χ4n) is 1.72. The molecule has 0 heterocycles. The standard InChI is InChI=1S/C12H12N2O6S2/c15-21(16,17)11-7-3-1-5-9(11)13-14-10-6-2-4-8-12(10)22(18,19)20/h1-8,13-14H,(H,15,16,17)(H,18,19,20). The minimum atomic E-state index is -4.45. The van der Waals surface area contributed by atoms with Crippen molar-refractivity contribution in [3.63, 3.8) is 0 Å². The summed E-state index contributed by atoms with van der Waals surface area (Å²) in [6.45, 7) is 0. The van der Waals surface area contributed by atoms with Crippen LogP contribution in [0.3, 0.4) is 0 Å². The molecule has 0 aromatic heterocycles. The molecule has 2 aromatic carbocycles. The lowest BCUT2D eigenvalue weighted by molar-refractivity contribution is 0.481. The third-order valence-electron chi connectivity index (χ3n) is 2.66. The zero-order chi connectivity index (χ0) is 16.4. The first kappa shape index (κ1) is 16.2. The van der Waals surface area contributed by atoms with Gasteiger partial charge in [0, 0.05) is 0 Å². The molecule has 10 heteroatoms. The third kappa shape index (κ3) is 3.74. The summed E-state index contributed by atoms with van der Waals surface area (Å²) in [5, 5.41) is 0. The van der Waals surface area contributed by atoms with Crippen LogP contribution >= 0.6 is 0 Å². The number of para-hydroxylation sites is 2. The fourth-order valence-corrected chi connectivity index (χ4v) is 3.02. The van der Waals surface area contributed by atoms with Crippen LogP contribution in [0.2, 0.25) is 0 Å². The molecule has 0 fully saturated rings. The predicted octanol–water partition coefficient (Wildman–Crippen LogP) is 1.62. The fraction of sp³-hybridized carbons (Fsp3) is 0. The van der Waals surface area contributed by atoms with Crippen LogP contribution in [0, 0.1) is 0 Å². The Morgan fingerprint density at radius 1 is 0.636 bits per heavy atom. The molecule has 2 rings (SSSR count). The van der Waals surface area contributed by atoms with Gasteiger partial charge in [0.05, 0.1) is 11.4 Å². The molecule has 0 aliphatic heterocycles. The Kier molecular flexibility index (Phi) is 4.37. The number of hydrogen-bond acceptors (Lipinski definition) is 6. The second-order valence-electron chi connectivity index (χ2n) is 4.19. The van der Waals surface area contributed by atoms with Gasteiger partial charge in [-0.2, -0.15) is 16.8 Å². The van der Waals surface area contributed by atoms with Gasteiger partial charge in [0.25, 0.3) is 20.2 Å². The Morgan fingerprint density at radius 2 is 0.955 bits per heavy atom. The van der Waals surface area contributed by atoms with Crippen LogP contribution in [0.4, 0.5) is 11.4 Å². The first-order valence-electron chi connectivity index (χ1n) is 5.84. The molecule has 0 radical (unpaired) electrons. The van der Waals surface area contributed by atoms with Crippen LogP contribution in [0.25, 0.3) is 0 Å². The lowest BCUT2D eigenvalue weighted by Crippen LogP contribution is -2.14. The molecule has 0 amide bonds. The van der Waals surface area contributed by atoms with Gasteiger partial charge in [-0.25, -0.2) is 0 Å². The SMILES string of the molecule is O=S(=O)(O)c1ccccc1NNc1ccccc1S(=O)(=O)O. The summed E-state index contributed by atoms with van der Waals surface area (Å²) < 4.78 is 63.2. The summed E-state index contributed by atoms with van der Waals surface area (Å²) in [4.78, 5) is -0.765. The van der Waals surface area contributed by atoms with Gasteiger partial charge in [0.1, 0.15) is 9.79 Å². The monoisotopic (exact) mass is 344 g/mol. The summed E-state index contributed by atoms with van der Waals surface area (Å²) in [5.41, 5.74) is 4.99. The summed E-state index contributed by atoms with van der Waals surface area (Å²) in [7, 11) is -8.89. The molecule has 8 nitrogen and oxygen atoms in total. The van der Waals surface area contributed by atoms with E-state index in [2.05, 4.69) is 10.9 Å². The number of nitrogens with one attached hydrogen (secondary N) is 2. The molecule has 0 aliphatic carbocycles. The highest BCUT2D eigenvalue weighted by Gasteiger charge is 2.17. The highest BCUT2D eigenvalue weighted by atomic mass is 32.2. The molecule has 0 saturated heterocycles. The molecule has 0 bridgehead atoms. The van der Waals surface area contributed by atoms with Gasteiger partial charge in [-0.3, -0.25) is 20.0 Å². The number of hydrogen-bond donors (Lipinski definition) is 4. The van der Waals surface area contributed by atoms with Crippen LogP contribution in [-0.2, 0) is 20.2 Å². The summed E-state index contributed by atoms with van der Waals surface area (Å²) >= 11 is 0. The van der Waals surface area contributed by atoms with Crippen LogP contribution < -0.4 is 10.9 Å². The van der Waals surface area contributed by atoms with E-state index in [0.717, 1.165) is 0 Å². The lowest BCUT2D eigenvalue weighted by atomic mass is 10.3. The molecule has 0 spiro atoms. The van der Waals surface area contributed by atoms with Crippen molar-refractivity contribution < 1.29 is 25.9 Å². The first-order chi connectivity index (χ1) is 10.2. The van der Waals surface area contributed by atoms with E-state index >= 15 is 0 Å². The van der Waals surface area contributed by atoms with Gasteiger partial charge in [-0.1, -0.05) is 24.3 Å². The van der Waals surface area contributed by atoms with Crippen LogP contribution in [0.5, 0.6) is 0 Å². The van der Waals surface area contributed by atoms with E-state index < -0.39 is 20.2 Å². The highest BCUT2D eigenvalue weighted by Crippen LogP contribution is 2.23.